The molecule has 2 saturated carbocycles. The van der Waals surface area contributed by atoms with Gasteiger partial charge in [-0.05, 0) is 56.6 Å². The maximum atomic E-state index is 11.3. The Morgan fingerprint density at radius 1 is 1.25 bits per heavy atom. The van der Waals surface area contributed by atoms with Gasteiger partial charge in [0.15, 0.2) is 0 Å². The van der Waals surface area contributed by atoms with Gasteiger partial charge in [-0.3, -0.25) is 9.58 Å². The normalized spacial score (nSPS) is 33.7. The topological polar surface area (TPSA) is 61.5 Å². The van der Waals surface area contributed by atoms with Gasteiger partial charge in [0.05, 0.1) is 21.8 Å². The first-order valence-electron chi connectivity index (χ1n) is 10.5. The highest BCUT2D eigenvalue weighted by Crippen LogP contribution is 2.52. The van der Waals surface area contributed by atoms with E-state index in [1.165, 1.54) is 0 Å². The predicted octanol–water partition coefficient (Wildman–Crippen LogP) is 3.59. The molecular formula is C22H30ClN3O2. The molecule has 3 heterocycles. The first-order valence-corrected chi connectivity index (χ1v) is 10.8. The average Bonchev–Trinajstić information content (AvgIpc) is 2.92. The van der Waals surface area contributed by atoms with E-state index in [2.05, 4.69) is 18.7 Å². The van der Waals surface area contributed by atoms with Crippen LogP contribution in [-0.4, -0.2) is 48.8 Å². The summed E-state index contributed by atoms with van der Waals surface area (Å²) in [6.45, 7) is 4.29. The number of aryl methyl sites for hydroxylation is 1. The molecule has 2 N–H and O–H groups in total. The molecule has 0 spiro atoms. The Balaban J connectivity index is 1.43. The van der Waals surface area contributed by atoms with Gasteiger partial charge in [-0.15, -0.1) is 0 Å². The van der Waals surface area contributed by atoms with Crippen LogP contribution in [0.25, 0.3) is 10.9 Å². The molecule has 4 bridgehead atoms. The predicted molar refractivity (Wildman–Crippen MR) is 110 cm³/mol. The summed E-state index contributed by atoms with van der Waals surface area (Å²) in [6.07, 6.45) is 4.83. The summed E-state index contributed by atoms with van der Waals surface area (Å²) < 4.78 is 1.88. The molecule has 5 nitrogen and oxygen atoms in total. The van der Waals surface area contributed by atoms with Gasteiger partial charge in [-0.1, -0.05) is 31.5 Å². The van der Waals surface area contributed by atoms with Crippen LogP contribution in [0.15, 0.2) is 18.2 Å². The van der Waals surface area contributed by atoms with Gasteiger partial charge in [0.25, 0.3) is 0 Å². The molecule has 1 aromatic carbocycles. The summed E-state index contributed by atoms with van der Waals surface area (Å²) in [4.78, 5) is 2.30. The van der Waals surface area contributed by atoms with E-state index < -0.39 is 11.8 Å². The molecule has 4 aliphatic rings. The Labute approximate surface area is 171 Å². The van der Waals surface area contributed by atoms with Crippen LogP contribution >= 0.6 is 11.6 Å². The molecular weight excluding hydrogens is 374 g/mol. The number of fused-ring (bicyclic) bond motifs is 1. The molecule has 0 amide bonds. The average molecular weight is 404 g/mol. The highest BCUT2D eigenvalue weighted by molar-refractivity contribution is 6.35. The molecule has 3 unspecified atom stereocenters. The number of aliphatic hydroxyl groups excluding tert-OH is 1. The quantitative estimate of drug-likeness (QED) is 0.818. The van der Waals surface area contributed by atoms with Gasteiger partial charge in [0.1, 0.15) is 6.23 Å². The van der Waals surface area contributed by atoms with E-state index in [-0.39, 0.29) is 5.41 Å². The zero-order chi connectivity index (χ0) is 19.8. The molecule has 2 aliphatic heterocycles. The van der Waals surface area contributed by atoms with Gasteiger partial charge < -0.3 is 10.2 Å². The van der Waals surface area contributed by atoms with Crippen LogP contribution in [0.3, 0.4) is 0 Å². The van der Waals surface area contributed by atoms with Gasteiger partial charge >= 0.3 is 0 Å². The van der Waals surface area contributed by atoms with Crippen LogP contribution in [0.5, 0.6) is 0 Å². The Kier molecular flexibility index (Phi) is 4.16. The fourth-order valence-corrected chi connectivity index (χ4v) is 6.76. The number of hydrogen-bond acceptors (Lipinski definition) is 4. The molecule has 28 heavy (non-hydrogen) atoms. The van der Waals surface area contributed by atoms with E-state index in [0.717, 1.165) is 48.7 Å². The van der Waals surface area contributed by atoms with Crippen LogP contribution in [0.1, 0.15) is 58.1 Å². The zero-order valence-electron chi connectivity index (χ0n) is 16.9. The summed E-state index contributed by atoms with van der Waals surface area (Å²) >= 11 is 6.53. The minimum Gasteiger partial charge on any atom is -0.390 e. The molecule has 1 aromatic heterocycles. The van der Waals surface area contributed by atoms with Gasteiger partial charge in [0.2, 0.25) is 0 Å². The van der Waals surface area contributed by atoms with Crippen LogP contribution in [0.2, 0.25) is 5.02 Å². The SMILES string of the molecule is Cn1nc(C(C)(C)CC(O)N2C3CC4CC2CC(O)(C4)C3)c2c(Cl)cccc21. The second kappa shape index (κ2) is 6.18. The van der Waals surface area contributed by atoms with Gasteiger partial charge in [0, 0.05) is 29.9 Å². The van der Waals surface area contributed by atoms with Crippen LogP contribution in [0, 0.1) is 5.92 Å². The van der Waals surface area contributed by atoms with Crippen molar-refractivity contribution in [1.82, 2.24) is 14.7 Å². The third-order valence-corrected chi connectivity index (χ3v) is 7.77. The van der Waals surface area contributed by atoms with Crippen molar-refractivity contribution in [1.29, 1.82) is 0 Å². The lowest BCUT2D eigenvalue weighted by Crippen LogP contribution is -2.67. The number of nitrogens with zero attached hydrogens (tertiary/aromatic N) is 3. The summed E-state index contributed by atoms with van der Waals surface area (Å²) in [5.41, 5.74) is 1.14. The molecule has 6 heteroatoms. The minimum absolute atomic E-state index is 0.297. The Morgan fingerprint density at radius 3 is 2.57 bits per heavy atom. The molecule has 2 aliphatic carbocycles. The number of aromatic nitrogens is 2. The summed E-state index contributed by atoms with van der Waals surface area (Å²) in [7, 11) is 1.94. The maximum absolute atomic E-state index is 11.3. The van der Waals surface area contributed by atoms with E-state index in [1.807, 2.05) is 29.9 Å². The lowest BCUT2D eigenvalue weighted by Gasteiger charge is -2.61. The zero-order valence-corrected chi connectivity index (χ0v) is 17.7. The second-order valence-corrected chi connectivity index (χ2v) is 10.5. The monoisotopic (exact) mass is 403 g/mol. The first-order chi connectivity index (χ1) is 13.2. The van der Waals surface area contributed by atoms with E-state index >= 15 is 0 Å². The number of rotatable bonds is 4. The van der Waals surface area contributed by atoms with E-state index in [9.17, 15) is 10.2 Å². The van der Waals surface area contributed by atoms with Crippen molar-refractivity contribution < 1.29 is 10.2 Å². The third-order valence-electron chi connectivity index (χ3n) is 7.46. The number of aliphatic hydroxyl groups is 2. The third kappa shape index (κ3) is 2.82. The van der Waals surface area contributed by atoms with Gasteiger partial charge in [-0.25, -0.2) is 0 Å². The molecule has 0 radical (unpaired) electrons. The smallest absolute Gasteiger partial charge is 0.108 e. The van der Waals surface area contributed by atoms with Crippen molar-refractivity contribution in [2.75, 3.05) is 0 Å². The van der Waals surface area contributed by atoms with Crippen LogP contribution in [-0.2, 0) is 12.5 Å². The van der Waals surface area contributed by atoms with Crippen molar-refractivity contribution in [2.45, 2.75) is 81.7 Å². The number of hydrogen-bond donors (Lipinski definition) is 2. The number of piperidine rings is 2. The van der Waals surface area contributed by atoms with E-state index in [4.69, 9.17) is 16.7 Å². The molecule has 4 fully saturated rings. The van der Waals surface area contributed by atoms with Crippen LogP contribution < -0.4 is 0 Å². The molecule has 2 saturated heterocycles. The lowest BCUT2D eigenvalue weighted by atomic mass is 9.61. The fourth-order valence-electron chi connectivity index (χ4n) is 6.51. The summed E-state index contributed by atoms with van der Waals surface area (Å²) in [6, 6.07) is 6.48. The Bertz CT molecular complexity index is 908. The number of halogens is 1. The van der Waals surface area contributed by atoms with Crippen molar-refractivity contribution in [3.05, 3.63) is 28.9 Å². The summed E-state index contributed by atoms with van der Waals surface area (Å²) in [5, 5.41) is 28.6. The van der Waals surface area contributed by atoms with Crippen molar-refractivity contribution in [3.63, 3.8) is 0 Å². The van der Waals surface area contributed by atoms with Crippen molar-refractivity contribution >= 4 is 22.5 Å². The van der Waals surface area contributed by atoms with Crippen molar-refractivity contribution in [3.8, 4) is 0 Å². The maximum Gasteiger partial charge on any atom is 0.108 e. The van der Waals surface area contributed by atoms with E-state index in [1.54, 1.807) is 0 Å². The highest BCUT2D eigenvalue weighted by atomic mass is 35.5. The van der Waals surface area contributed by atoms with Crippen LogP contribution in [0.4, 0.5) is 0 Å². The molecule has 6 rings (SSSR count). The highest BCUT2D eigenvalue weighted by Gasteiger charge is 2.55. The lowest BCUT2D eigenvalue weighted by molar-refractivity contribution is -0.200. The Morgan fingerprint density at radius 2 is 1.93 bits per heavy atom. The number of benzene rings is 1. The molecule has 2 aromatic rings. The van der Waals surface area contributed by atoms with E-state index in [0.29, 0.717) is 29.4 Å². The van der Waals surface area contributed by atoms with Gasteiger partial charge in [-0.2, -0.15) is 5.10 Å². The standard InChI is InChI=1S/C22H30ClN3O2/c1-21(2,20-19-16(23)5-4-6-17(19)25(3)24-20)12-18(27)26-14-7-13-8-15(26)11-22(28,9-13)10-14/h4-6,13-15,18,27-28H,7-12H2,1-3H3. The largest absolute Gasteiger partial charge is 0.390 e. The molecule has 152 valence electrons. The molecule has 3 atom stereocenters. The first kappa shape index (κ1) is 18.9. The second-order valence-electron chi connectivity index (χ2n) is 10.1. The van der Waals surface area contributed by atoms with Crippen molar-refractivity contribution in [2.24, 2.45) is 13.0 Å². The minimum atomic E-state index is -0.534. The fraction of sp³-hybridized carbons (Fsp3) is 0.682. The summed E-state index contributed by atoms with van der Waals surface area (Å²) in [5.74, 6) is 0.623. The Hall–Kier alpha value is -1.14.